The van der Waals surface area contributed by atoms with Crippen LogP contribution in [0.2, 0.25) is 78.6 Å². The van der Waals surface area contributed by atoms with Crippen molar-refractivity contribution in [2.45, 2.75) is 78.6 Å². The van der Waals surface area contributed by atoms with E-state index >= 15 is 0 Å². The first-order valence-corrected chi connectivity index (χ1v) is 27.4. The Labute approximate surface area is 198 Å². The highest BCUT2D eigenvalue weighted by molar-refractivity contribution is 6.91. The molecule has 0 N–H and O–H groups in total. The Balaban J connectivity index is 3.64. The maximum absolute atomic E-state index is 6.91. The van der Waals surface area contributed by atoms with Gasteiger partial charge in [-0.25, -0.2) is 0 Å². The third-order valence-corrected chi connectivity index (χ3v) is 19.5. The second-order valence-electron chi connectivity index (χ2n) is 11.5. The van der Waals surface area contributed by atoms with E-state index < -0.39 is 51.6 Å². The van der Waals surface area contributed by atoms with Gasteiger partial charge in [0.2, 0.25) is 0 Å². The summed E-state index contributed by atoms with van der Waals surface area (Å²) in [5.41, 5.74) is 1.02. The van der Waals surface area contributed by atoms with Crippen molar-refractivity contribution in [3.05, 3.63) is 36.4 Å². The normalized spacial score (nSPS) is 14.2. The predicted molar refractivity (Wildman–Crippen MR) is 146 cm³/mol. The van der Waals surface area contributed by atoms with Crippen LogP contribution in [0.5, 0.6) is 0 Å². The Morgan fingerprint density at radius 1 is 0.645 bits per heavy atom. The molecule has 0 atom stereocenters. The molecule has 177 valence electrons. The van der Waals surface area contributed by atoms with Crippen LogP contribution in [-0.2, 0) is 20.6 Å². The van der Waals surface area contributed by atoms with Crippen molar-refractivity contribution < 1.29 is 20.6 Å². The molecule has 0 aliphatic rings. The summed E-state index contributed by atoms with van der Waals surface area (Å²) in [5.74, 6) is 0. The van der Waals surface area contributed by atoms with Crippen LogP contribution in [0.25, 0.3) is 6.08 Å². The maximum atomic E-state index is 6.91. The predicted octanol–water partition coefficient (Wildman–Crippen LogP) is 5.88. The molecule has 1 rings (SSSR count). The van der Waals surface area contributed by atoms with Gasteiger partial charge in [-0.3, -0.25) is 0 Å². The van der Waals surface area contributed by atoms with Crippen LogP contribution < -0.4 is 5.19 Å². The molecule has 0 aromatic heterocycles. The standard InChI is InChI=1S/C20H43O5Si6/c1-14-19-17-15-16-18-20(19)26(21-27(2,3)4)22-31(23-28(5,6)7,24-29(8,9)10)25-30(11,12)13/h14-18H,1H2,2-13H3. The van der Waals surface area contributed by atoms with Crippen molar-refractivity contribution in [1.29, 1.82) is 0 Å². The van der Waals surface area contributed by atoms with Crippen molar-refractivity contribution in [3.8, 4) is 0 Å². The molecule has 31 heavy (non-hydrogen) atoms. The van der Waals surface area contributed by atoms with E-state index in [2.05, 4.69) is 91.2 Å². The molecule has 0 saturated heterocycles. The molecule has 1 aromatic carbocycles. The summed E-state index contributed by atoms with van der Waals surface area (Å²) in [5, 5.41) is 1.03. The van der Waals surface area contributed by atoms with Gasteiger partial charge in [-0.1, -0.05) is 36.9 Å². The second kappa shape index (κ2) is 10.5. The lowest BCUT2D eigenvalue weighted by Gasteiger charge is -2.42. The fourth-order valence-corrected chi connectivity index (χ4v) is 20.1. The van der Waals surface area contributed by atoms with Crippen molar-refractivity contribution in [2.24, 2.45) is 0 Å². The van der Waals surface area contributed by atoms with Crippen LogP contribution in [-0.4, -0.2) is 51.6 Å². The van der Waals surface area contributed by atoms with Gasteiger partial charge in [-0.05, 0) is 84.1 Å². The molecule has 0 unspecified atom stereocenters. The zero-order valence-corrected chi connectivity index (χ0v) is 27.6. The Bertz CT molecular complexity index is 690. The minimum absolute atomic E-state index is 1.02. The summed E-state index contributed by atoms with van der Waals surface area (Å²) < 4.78 is 33.8. The molecular formula is C20H43O5Si6. The fraction of sp³-hybridized carbons (Fsp3) is 0.600. The molecule has 0 amide bonds. The van der Waals surface area contributed by atoms with Gasteiger partial charge < -0.3 is 20.6 Å². The molecular weight excluding hydrogens is 489 g/mol. The summed E-state index contributed by atoms with van der Waals surface area (Å²) in [6, 6.07) is 8.15. The molecule has 5 nitrogen and oxygen atoms in total. The molecule has 0 aliphatic carbocycles. The number of benzene rings is 1. The van der Waals surface area contributed by atoms with Crippen LogP contribution in [0.1, 0.15) is 5.56 Å². The third-order valence-electron chi connectivity index (χ3n) is 3.31. The van der Waals surface area contributed by atoms with E-state index in [9.17, 15) is 0 Å². The third kappa shape index (κ3) is 11.7. The van der Waals surface area contributed by atoms with Crippen LogP contribution in [0.15, 0.2) is 30.8 Å². The van der Waals surface area contributed by atoms with E-state index in [-0.39, 0.29) is 0 Å². The first kappa shape index (κ1) is 29.1. The minimum atomic E-state index is -3.49. The van der Waals surface area contributed by atoms with Gasteiger partial charge in [0.1, 0.15) is 0 Å². The van der Waals surface area contributed by atoms with E-state index in [0.29, 0.717) is 0 Å². The highest BCUT2D eigenvalue weighted by atomic mass is 28.5. The van der Waals surface area contributed by atoms with Gasteiger partial charge in [0.05, 0.1) is 0 Å². The Morgan fingerprint density at radius 3 is 1.42 bits per heavy atom. The summed E-state index contributed by atoms with van der Waals surface area (Å²) in [4.78, 5) is 0. The fourth-order valence-electron chi connectivity index (χ4n) is 2.63. The summed E-state index contributed by atoms with van der Waals surface area (Å²) >= 11 is 0. The molecule has 11 heteroatoms. The quantitative estimate of drug-likeness (QED) is 0.315. The molecule has 0 spiro atoms. The van der Waals surface area contributed by atoms with Crippen molar-refractivity contribution >= 4 is 62.9 Å². The lowest BCUT2D eigenvalue weighted by atomic mass is 10.2. The number of hydrogen-bond donors (Lipinski definition) is 0. The topological polar surface area (TPSA) is 46.2 Å². The highest BCUT2D eigenvalue weighted by Crippen LogP contribution is 2.28. The average Bonchev–Trinajstić information content (AvgIpc) is 2.47. The van der Waals surface area contributed by atoms with Gasteiger partial charge in [0, 0.05) is 5.19 Å². The molecule has 0 saturated carbocycles. The van der Waals surface area contributed by atoms with Gasteiger partial charge in [0.25, 0.3) is 0 Å². The molecule has 0 bridgehead atoms. The zero-order valence-electron chi connectivity index (χ0n) is 21.6. The molecule has 1 radical (unpaired) electrons. The van der Waals surface area contributed by atoms with E-state index in [1.165, 1.54) is 0 Å². The molecule has 0 heterocycles. The smallest absolute Gasteiger partial charge is 0.432 e. The largest absolute Gasteiger partial charge is 0.638 e. The first-order valence-electron chi connectivity index (χ1n) is 10.8. The molecule has 1 aromatic rings. The zero-order chi connectivity index (χ0) is 24.3. The van der Waals surface area contributed by atoms with Crippen LogP contribution >= 0.6 is 0 Å². The van der Waals surface area contributed by atoms with Gasteiger partial charge in [0.15, 0.2) is 33.3 Å². The van der Waals surface area contributed by atoms with Crippen molar-refractivity contribution in [3.63, 3.8) is 0 Å². The van der Waals surface area contributed by atoms with Gasteiger partial charge in [-0.2, -0.15) is 0 Å². The average molecular weight is 532 g/mol. The van der Waals surface area contributed by atoms with Gasteiger partial charge >= 0.3 is 18.3 Å². The Morgan fingerprint density at radius 2 is 1.06 bits per heavy atom. The van der Waals surface area contributed by atoms with Crippen LogP contribution in [0.3, 0.4) is 0 Å². The summed E-state index contributed by atoms with van der Waals surface area (Å²) in [7, 11) is -13.5. The van der Waals surface area contributed by atoms with E-state index in [0.717, 1.165) is 10.8 Å². The van der Waals surface area contributed by atoms with Crippen LogP contribution in [0, 0.1) is 0 Å². The Hall–Kier alpha value is 0.0613. The SMILES string of the molecule is C=Cc1ccccc1[Si](O[Si](C)(C)C)O[Si](O[Si](C)(C)C)(O[Si](C)(C)C)O[Si](C)(C)C. The Kier molecular flexibility index (Phi) is 9.90. The summed E-state index contributed by atoms with van der Waals surface area (Å²) in [6.45, 7) is 29.9. The first-order chi connectivity index (χ1) is 13.7. The highest BCUT2D eigenvalue weighted by Gasteiger charge is 2.56. The number of hydrogen-bond acceptors (Lipinski definition) is 5. The lowest BCUT2D eigenvalue weighted by Crippen LogP contribution is -2.66. The van der Waals surface area contributed by atoms with E-state index in [4.69, 9.17) is 20.6 Å². The van der Waals surface area contributed by atoms with Crippen molar-refractivity contribution in [2.75, 3.05) is 0 Å². The van der Waals surface area contributed by atoms with E-state index in [1.54, 1.807) is 0 Å². The van der Waals surface area contributed by atoms with Gasteiger partial charge in [-0.15, -0.1) is 0 Å². The number of rotatable bonds is 12. The van der Waals surface area contributed by atoms with E-state index in [1.807, 2.05) is 24.3 Å². The van der Waals surface area contributed by atoms with Crippen molar-refractivity contribution in [1.82, 2.24) is 0 Å². The summed E-state index contributed by atoms with van der Waals surface area (Å²) in [6.07, 6.45) is 1.86. The second-order valence-corrected chi connectivity index (χ2v) is 34.6. The lowest BCUT2D eigenvalue weighted by molar-refractivity contribution is 0.143. The maximum Gasteiger partial charge on any atom is 0.638 e. The monoisotopic (exact) mass is 531 g/mol. The molecule has 0 aliphatic heterocycles. The van der Waals surface area contributed by atoms with Crippen LogP contribution in [0.4, 0.5) is 0 Å². The minimum Gasteiger partial charge on any atom is -0.432 e. The molecule has 0 fully saturated rings.